The van der Waals surface area contributed by atoms with Crippen molar-refractivity contribution < 1.29 is 9.53 Å². The number of nitrogens with two attached hydrogens (primary N) is 1. The van der Waals surface area contributed by atoms with Gasteiger partial charge in [-0.05, 0) is 19.8 Å². The first kappa shape index (κ1) is 13.8. The lowest BCUT2D eigenvalue weighted by Crippen LogP contribution is -2.67. The second kappa shape index (κ2) is 6.02. The van der Waals surface area contributed by atoms with Crippen molar-refractivity contribution in [3.63, 3.8) is 0 Å². The van der Waals surface area contributed by atoms with Crippen molar-refractivity contribution in [2.75, 3.05) is 6.61 Å². The van der Waals surface area contributed by atoms with Crippen molar-refractivity contribution in [1.82, 2.24) is 5.32 Å². The molecule has 3 N–H and O–H groups in total. The predicted molar refractivity (Wildman–Crippen MR) is 71.2 cm³/mol. The first-order valence-electron chi connectivity index (χ1n) is 7.35. The van der Waals surface area contributed by atoms with Crippen LogP contribution in [-0.4, -0.2) is 30.2 Å². The van der Waals surface area contributed by atoms with Gasteiger partial charge in [-0.1, -0.05) is 25.7 Å². The fraction of sp³-hybridized carbons (Fsp3) is 0.929. The number of amides is 1. The molecule has 104 valence electrons. The minimum Gasteiger partial charge on any atom is -0.378 e. The van der Waals surface area contributed by atoms with Crippen LogP contribution in [0.3, 0.4) is 0 Å². The smallest absolute Gasteiger partial charge is 0.237 e. The van der Waals surface area contributed by atoms with E-state index in [0.29, 0.717) is 12.6 Å². The van der Waals surface area contributed by atoms with Gasteiger partial charge in [0.05, 0.1) is 6.10 Å². The standard InChI is InChI=1S/C14H26N2O2/c1-2-18-12-9-14(10-12,13(15)17)16-11-7-5-3-4-6-8-11/h11-12,16H,2-10H2,1H3,(H2,15,17). The van der Waals surface area contributed by atoms with E-state index in [1.165, 1.54) is 38.5 Å². The molecule has 0 spiro atoms. The summed E-state index contributed by atoms with van der Waals surface area (Å²) in [4.78, 5) is 11.7. The molecule has 0 aromatic carbocycles. The van der Waals surface area contributed by atoms with E-state index >= 15 is 0 Å². The summed E-state index contributed by atoms with van der Waals surface area (Å²) in [5.41, 5.74) is 5.10. The van der Waals surface area contributed by atoms with Gasteiger partial charge in [-0.3, -0.25) is 4.79 Å². The highest BCUT2D eigenvalue weighted by molar-refractivity contribution is 5.86. The highest BCUT2D eigenvalue weighted by Gasteiger charge is 2.50. The topological polar surface area (TPSA) is 64.3 Å². The Kier molecular flexibility index (Phi) is 4.62. The number of hydrogen-bond acceptors (Lipinski definition) is 3. The van der Waals surface area contributed by atoms with Gasteiger partial charge in [-0.15, -0.1) is 0 Å². The maximum atomic E-state index is 11.7. The number of nitrogens with one attached hydrogen (secondary N) is 1. The molecule has 0 heterocycles. The number of primary amides is 1. The third-order valence-electron chi connectivity index (χ3n) is 4.36. The first-order valence-corrected chi connectivity index (χ1v) is 7.35. The molecule has 2 saturated carbocycles. The van der Waals surface area contributed by atoms with Gasteiger partial charge >= 0.3 is 0 Å². The molecule has 0 unspecified atom stereocenters. The van der Waals surface area contributed by atoms with Gasteiger partial charge < -0.3 is 15.8 Å². The minimum atomic E-state index is -0.491. The molecule has 4 nitrogen and oxygen atoms in total. The summed E-state index contributed by atoms with van der Waals surface area (Å²) in [6.07, 6.45) is 9.22. The zero-order valence-corrected chi connectivity index (χ0v) is 11.4. The largest absolute Gasteiger partial charge is 0.378 e. The Morgan fingerprint density at radius 2 is 1.89 bits per heavy atom. The van der Waals surface area contributed by atoms with Crippen molar-refractivity contribution in [2.45, 2.75) is 76.0 Å². The Balaban J connectivity index is 1.89. The summed E-state index contributed by atoms with van der Waals surface area (Å²) < 4.78 is 5.55. The van der Waals surface area contributed by atoms with E-state index in [4.69, 9.17) is 10.5 Å². The van der Waals surface area contributed by atoms with Crippen LogP contribution in [0.2, 0.25) is 0 Å². The lowest BCUT2D eigenvalue weighted by Gasteiger charge is -2.47. The van der Waals surface area contributed by atoms with E-state index in [1.54, 1.807) is 0 Å². The molecule has 1 amide bonds. The Labute approximate surface area is 110 Å². The van der Waals surface area contributed by atoms with Crippen LogP contribution < -0.4 is 11.1 Å². The summed E-state index contributed by atoms with van der Waals surface area (Å²) in [7, 11) is 0. The number of rotatable bonds is 5. The van der Waals surface area contributed by atoms with Crippen LogP contribution in [-0.2, 0) is 9.53 Å². The maximum absolute atomic E-state index is 11.7. The van der Waals surface area contributed by atoms with Crippen molar-refractivity contribution in [2.24, 2.45) is 5.73 Å². The lowest BCUT2D eigenvalue weighted by atomic mass is 9.72. The average Bonchev–Trinajstić information content (AvgIpc) is 2.54. The fourth-order valence-electron chi connectivity index (χ4n) is 3.28. The molecular weight excluding hydrogens is 228 g/mol. The van der Waals surface area contributed by atoms with Gasteiger partial charge in [-0.25, -0.2) is 0 Å². The molecule has 4 heteroatoms. The highest BCUT2D eigenvalue weighted by atomic mass is 16.5. The third-order valence-corrected chi connectivity index (χ3v) is 4.36. The Bertz CT molecular complexity index is 280. The molecule has 0 bridgehead atoms. The molecular formula is C14H26N2O2. The second-order valence-electron chi connectivity index (χ2n) is 5.76. The SMILES string of the molecule is CCOC1CC(NC2CCCCCC2)(C(N)=O)C1. The van der Waals surface area contributed by atoms with Crippen LogP contribution in [0.4, 0.5) is 0 Å². The summed E-state index contributed by atoms with van der Waals surface area (Å²) in [6, 6.07) is 0.461. The molecule has 0 radical (unpaired) electrons. The van der Waals surface area contributed by atoms with Crippen LogP contribution in [0, 0.1) is 0 Å². The second-order valence-corrected chi connectivity index (χ2v) is 5.76. The molecule has 2 fully saturated rings. The van der Waals surface area contributed by atoms with Gasteiger partial charge in [0.1, 0.15) is 5.54 Å². The van der Waals surface area contributed by atoms with Crippen LogP contribution >= 0.6 is 0 Å². The molecule has 2 rings (SSSR count). The average molecular weight is 254 g/mol. The molecule has 0 atom stereocenters. The van der Waals surface area contributed by atoms with Gasteiger partial charge in [0.2, 0.25) is 5.91 Å². The lowest BCUT2D eigenvalue weighted by molar-refractivity contribution is -0.137. The maximum Gasteiger partial charge on any atom is 0.237 e. The van der Waals surface area contributed by atoms with E-state index in [-0.39, 0.29) is 12.0 Å². The summed E-state index contributed by atoms with van der Waals surface area (Å²) in [5.74, 6) is -0.206. The summed E-state index contributed by atoms with van der Waals surface area (Å²) in [5, 5.41) is 3.54. The minimum absolute atomic E-state index is 0.206. The monoisotopic (exact) mass is 254 g/mol. The van der Waals surface area contributed by atoms with E-state index in [0.717, 1.165) is 12.8 Å². The fourth-order valence-corrected chi connectivity index (χ4v) is 3.28. The number of ether oxygens (including phenoxy) is 1. The third kappa shape index (κ3) is 3.04. The Morgan fingerprint density at radius 1 is 1.28 bits per heavy atom. The Morgan fingerprint density at radius 3 is 2.39 bits per heavy atom. The van der Waals surface area contributed by atoms with Crippen LogP contribution in [0.25, 0.3) is 0 Å². The van der Waals surface area contributed by atoms with Crippen molar-refractivity contribution >= 4 is 5.91 Å². The quantitative estimate of drug-likeness (QED) is 0.734. The van der Waals surface area contributed by atoms with Gasteiger partial charge in [0.25, 0.3) is 0 Å². The van der Waals surface area contributed by atoms with Gasteiger partial charge in [-0.2, -0.15) is 0 Å². The molecule has 0 aromatic heterocycles. The predicted octanol–water partition coefficient (Wildman–Crippen LogP) is 1.72. The number of carbonyl (C=O) groups excluding carboxylic acids is 1. The van der Waals surface area contributed by atoms with E-state index in [9.17, 15) is 4.79 Å². The molecule has 0 aromatic rings. The van der Waals surface area contributed by atoms with Crippen molar-refractivity contribution in [1.29, 1.82) is 0 Å². The van der Waals surface area contributed by atoms with E-state index < -0.39 is 5.54 Å². The van der Waals surface area contributed by atoms with E-state index in [1.807, 2.05) is 6.92 Å². The zero-order valence-electron chi connectivity index (χ0n) is 11.4. The van der Waals surface area contributed by atoms with Gasteiger partial charge in [0, 0.05) is 25.5 Å². The summed E-state index contributed by atoms with van der Waals surface area (Å²) >= 11 is 0. The summed E-state index contributed by atoms with van der Waals surface area (Å²) in [6.45, 7) is 2.70. The molecule has 0 saturated heterocycles. The zero-order chi connectivity index (χ0) is 13.0. The molecule has 0 aliphatic heterocycles. The normalized spacial score (nSPS) is 33.7. The van der Waals surface area contributed by atoms with Crippen LogP contribution in [0.1, 0.15) is 58.3 Å². The molecule has 18 heavy (non-hydrogen) atoms. The highest BCUT2D eigenvalue weighted by Crippen LogP contribution is 2.36. The van der Waals surface area contributed by atoms with E-state index in [2.05, 4.69) is 5.32 Å². The first-order chi connectivity index (χ1) is 8.66. The van der Waals surface area contributed by atoms with Gasteiger partial charge in [0.15, 0.2) is 0 Å². The molecule has 2 aliphatic carbocycles. The Hall–Kier alpha value is -0.610. The number of hydrogen-bond donors (Lipinski definition) is 2. The van der Waals surface area contributed by atoms with Crippen LogP contribution in [0.15, 0.2) is 0 Å². The number of carbonyl (C=O) groups is 1. The van der Waals surface area contributed by atoms with Crippen molar-refractivity contribution in [3.05, 3.63) is 0 Å². The van der Waals surface area contributed by atoms with Crippen LogP contribution in [0.5, 0.6) is 0 Å². The van der Waals surface area contributed by atoms with Crippen molar-refractivity contribution in [3.8, 4) is 0 Å². The molecule has 2 aliphatic rings.